The molecule has 10 aromatic rings. The maximum Gasteiger partial charge on any atom is 0.166 e. The lowest BCUT2D eigenvalue weighted by Crippen LogP contribution is -2.01. The Labute approximate surface area is 285 Å². The molecule has 10 rings (SSSR count). The predicted molar refractivity (Wildman–Crippen MR) is 199 cm³/mol. The van der Waals surface area contributed by atoms with Crippen LogP contribution in [0.2, 0.25) is 5.02 Å². The molecule has 0 saturated carbocycles. The molecule has 0 amide bonds. The average Bonchev–Trinajstić information content (AvgIpc) is 3.74. The third kappa shape index (κ3) is 4.44. The summed E-state index contributed by atoms with van der Waals surface area (Å²) >= 11 is 7.42. The third-order valence-corrected chi connectivity index (χ3v) is 9.60. The summed E-state index contributed by atoms with van der Waals surface area (Å²) in [5.41, 5.74) is 7.87. The van der Waals surface area contributed by atoms with E-state index in [1.54, 1.807) is 0 Å². The fraction of sp³-hybridized carbons (Fsp3) is 0. The molecule has 0 atom stereocenters. The molecular formula is C43H24ClN3O2. The Morgan fingerprint density at radius 1 is 0.388 bits per heavy atom. The molecule has 0 fully saturated rings. The van der Waals surface area contributed by atoms with Crippen LogP contribution in [0, 0.1) is 0 Å². The first-order valence-corrected chi connectivity index (χ1v) is 16.4. The van der Waals surface area contributed by atoms with Crippen molar-refractivity contribution in [3.63, 3.8) is 0 Å². The smallest absolute Gasteiger partial charge is 0.166 e. The number of nitrogens with zero attached hydrogens (tertiary/aromatic N) is 3. The number of hydrogen-bond acceptors (Lipinski definition) is 5. The van der Waals surface area contributed by atoms with E-state index in [0.29, 0.717) is 22.5 Å². The third-order valence-electron chi connectivity index (χ3n) is 9.22. The number of hydrogen-bond donors (Lipinski definition) is 0. The fourth-order valence-electron chi connectivity index (χ4n) is 6.87. The monoisotopic (exact) mass is 649 g/mol. The van der Waals surface area contributed by atoms with Crippen molar-refractivity contribution >= 4 is 66.3 Å². The Balaban J connectivity index is 1.24. The number of rotatable bonds is 4. The van der Waals surface area contributed by atoms with Gasteiger partial charge in [-0.3, -0.25) is 0 Å². The summed E-state index contributed by atoms with van der Waals surface area (Å²) in [6, 6.07) is 48.8. The molecule has 6 heteroatoms. The van der Waals surface area contributed by atoms with Crippen LogP contribution in [0.25, 0.3) is 99.9 Å². The van der Waals surface area contributed by atoms with E-state index in [1.165, 1.54) is 0 Å². The Kier molecular flexibility index (Phi) is 6.16. The molecule has 0 aliphatic heterocycles. The maximum absolute atomic E-state index is 7.42. The molecule has 0 spiro atoms. The molecule has 5 nitrogen and oxygen atoms in total. The zero-order valence-corrected chi connectivity index (χ0v) is 26.6. The number of halogens is 1. The van der Waals surface area contributed by atoms with Gasteiger partial charge in [0.15, 0.2) is 17.5 Å². The van der Waals surface area contributed by atoms with Gasteiger partial charge in [0.05, 0.1) is 5.02 Å². The minimum atomic E-state index is 0.484. The van der Waals surface area contributed by atoms with Crippen LogP contribution in [0.5, 0.6) is 0 Å². The molecule has 0 aliphatic carbocycles. The topological polar surface area (TPSA) is 65.0 Å². The number of benzene rings is 7. The normalized spacial score (nSPS) is 11.8. The highest BCUT2D eigenvalue weighted by molar-refractivity contribution is 6.43. The van der Waals surface area contributed by atoms with E-state index in [0.717, 1.165) is 82.5 Å². The van der Waals surface area contributed by atoms with Gasteiger partial charge < -0.3 is 8.83 Å². The molecule has 0 unspecified atom stereocenters. The van der Waals surface area contributed by atoms with E-state index < -0.39 is 0 Å². The van der Waals surface area contributed by atoms with E-state index in [-0.39, 0.29) is 0 Å². The number of furan rings is 2. The van der Waals surface area contributed by atoms with Gasteiger partial charge in [-0.05, 0) is 46.8 Å². The van der Waals surface area contributed by atoms with E-state index in [1.807, 2.05) is 91.0 Å². The number of fused-ring (bicyclic) bond motifs is 8. The fourth-order valence-corrected chi connectivity index (χ4v) is 7.24. The molecular weight excluding hydrogens is 626 g/mol. The first kappa shape index (κ1) is 27.8. The molecule has 3 aromatic heterocycles. The zero-order valence-electron chi connectivity index (χ0n) is 25.9. The van der Waals surface area contributed by atoms with Crippen molar-refractivity contribution in [3.05, 3.63) is 151 Å². The second-order valence-corrected chi connectivity index (χ2v) is 12.5. The van der Waals surface area contributed by atoms with Gasteiger partial charge in [0.25, 0.3) is 0 Å². The van der Waals surface area contributed by atoms with Gasteiger partial charge in [-0.1, -0.05) is 127 Å². The molecule has 0 bridgehead atoms. The summed E-state index contributed by atoms with van der Waals surface area (Å²) in [6.07, 6.45) is 0. The first-order chi connectivity index (χ1) is 24.2. The molecule has 0 N–H and O–H groups in total. The van der Waals surface area contributed by atoms with Crippen LogP contribution in [0.3, 0.4) is 0 Å². The second kappa shape index (κ2) is 10.9. The average molecular weight is 650 g/mol. The van der Waals surface area contributed by atoms with E-state index >= 15 is 0 Å². The lowest BCUT2D eigenvalue weighted by Gasteiger charge is -2.13. The van der Waals surface area contributed by atoms with Gasteiger partial charge in [0, 0.05) is 43.6 Å². The van der Waals surface area contributed by atoms with Crippen molar-refractivity contribution in [2.75, 3.05) is 0 Å². The van der Waals surface area contributed by atoms with E-state index in [4.69, 9.17) is 35.4 Å². The highest BCUT2D eigenvalue weighted by Crippen LogP contribution is 2.45. The van der Waals surface area contributed by atoms with Crippen LogP contribution in [0.1, 0.15) is 0 Å². The highest BCUT2D eigenvalue weighted by Gasteiger charge is 2.23. The van der Waals surface area contributed by atoms with Gasteiger partial charge in [-0.2, -0.15) is 0 Å². The molecule has 3 heterocycles. The molecule has 7 aromatic carbocycles. The minimum Gasteiger partial charge on any atom is -0.456 e. The van der Waals surface area contributed by atoms with Crippen molar-refractivity contribution in [2.45, 2.75) is 0 Å². The second-order valence-electron chi connectivity index (χ2n) is 12.1. The van der Waals surface area contributed by atoms with Crippen LogP contribution in [-0.2, 0) is 0 Å². The van der Waals surface area contributed by atoms with Crippen molar-refractivity contribution in [3.8, 4) is 45.3 Å². The van der Waals surface area contributed by atoms with Gasteiger partial charge in [0.1, 0.15) is 22.3 Å². The van der Waals surface area contributed by atoms with Gasteiger partial charge in [0.2, 0.25) is 0 Å². The lowest BCUT2D eigenvalue weighted by atomic mass is 9.99. The standard InChI is InChI=1S/C43H24ClN3O2/c44-39-37-32-15-7-9-17-35(32)49-40(37)31-14-5-4-13-30(31)38(39)43-46-41(27-20-18-26(19-21-27)25-10-2-1-3-11-25)45-42(47-43)28-22-23-36-33(24-28)29-12-6-8-16-34(29)48-36/h1-24H. The zero-order chi connectivity index (χ0) is 32.5. The molecule has 0 radical (unpaired) electrons. The van der Waals surface area contributed by atoms with Crippen molar-refractivity contribution in [2.24, 2.45) is 0 Å². The van der Waals surface area contributed by atoms with E-state index in [2.05, 4.69) is 54.6 Å². The van der Waals surface area contributed by atoms with Gasteiger partial charge in [-0.25, -0.2) is 15.0 Å². The number of para-hydroxylation sites is 2. The SMILES string of the molecule is Clc1c(-c2nc(-c3ccc(-c4ccccc4)cc3)nc(-c3ccc4oc5ccccc5c4c3)n2)c2ccccc2c2oc3ccccc3c12. The minimum absolute atomic E-state index is 0.484. The summed E-state index contributed by atoms with van der Waals surface area (Å²) in [7, 11) is 0. The highest BCUT2D eigenvalue weighted by atomic mass is 35.5. The number of aromatic nitrogens is 3. The van der Waals surface area contributed by atoms with Crippen LogP contribution in [0.4, 0.5) is 0 Å². The van der Waals surface area contributed by atoms with Crippen LogP contribution >= 0.6 is 11.6 Å². The predicted octanol–water partition coefficient (Wildman–Crippen LogP) is 12.1. The van der Waals surface area contributed by atoms with Crippen LogP contribution in [0.15, 0.2) is 154 Å². The van der Waals surface area contributed by atoms with Crippen molar-refractivity contribution in [1.82, 2.24) is 15.0 Å². The van der Waals surface area contributed by atoms with Gasteiger partial charge >= 0.3 is 0 Å². The summed E-state index contributed by atoms with van der Waals surface area (Å²) in [5, 5.41) is 6.20. The first-order valence-electron chi connectivity index (χ1n) is 16.0. The lowest BCUT2D eigenvalue weighted by molar-refractivity contribution is 0.669. The largest absolute Gasteiger partial charge is 0.456 e. The molecule has 230 valence electrons. The summed E-state index contributed by atoms with van der Waals surface area (Å²) < 4.78 is 12.5. The Bertz CT molecular complexity index is 2890. The van der Waals surface area contributed by atoms with Crippen LogP contribution < -0.4 is 0 Å². The Morgan fingerprint density at radius 3 is 1.69 bits per heavy atom. The summed E-state index contributed by atoms with van der Waals surface area (Å²) in [5.74, 6) is 1.57. The molecule has 0 saturated heterocycles. The molecule has 49 heavy (non-hydrogen) atoms. The van der Waals surface area contributed by atoms with Gasteiger partial charge in [-0.15, -0.1) is 0 Å². The van der Waals surface area contributed by atoms with Crippen LogP contribution in [-0.4, -0.2) is 15.0 Å². The molecule has 0 aliphatic rings. The maximum atomic E-state index is 7.42. The van der Waals surface area contributed by atoms with E-state index in [9.17, 15) is 0 Å². The Morgan fingerprint density at radius 2 is 0.918 bits per heavy atom. The van der Waals surface area contributed by atoms with Crippen molar-refractivity contribution in [1.29, 1.82) is 0 Å². The quantitative estimate of drug-likeness (QED) is 0.190. The Hall–Kier alpha value is -6.30. The summed E-state index contributed by atoms with van der Waals surface area (Å²) in [6.45, 7) is 0. The van der Waals surface area contributed by atoms with Crippen molar-refractivity contribution < 1.29 is 8.83 Å². The summed E-state index contributed by atoms with van der Waals surface area (Å²) in [4.78, 5) is 15.4.